The van der Waals surface area contributed by atoms with Crippen LogP contribution in [0.3, 0.4) is 0 Å². The molecule has 100 valence electrons. The number of aryl methyl sites for hydroxylation is 1. The number of rotatable bonds is 4. The molecule has 0 heterocycles. The van der Waals surface area contributed by atoms with E-state index >= 15 is 0 Å². The first-order valence-corrected chi connectivity index (χ1v) is 6.73. The van der Waals surface area contributed by atoms with Crippen molar-refractivity contribution in [1.29, 1.82) is 0 Å². The summed E-state index contributed by atoms with van der Waals surface area (Å²) < 4.78 is 0. The zero-order valence-electron chi connectivity index (χ0n) is 11.8. The van der Waals surface area contributed by atoms with E-state index in [4.69, 9.17) is 0 Å². The molecule has 0 spiro atoms. The topological polar surface area (TPSA) is 32.3 Å². The standard InChI is InChI=1S/C17H21NO/c1-4-16(14-8-10-15(19)11-9-14)18-17-7-5-6-12(2)13(17)3/h5-11,16,18-19H,4H2,1-3H3. The zero-order valence-corrected chi connectivity index (χ0v) is 11.8. The Kier molecular flexibility index (Phi) is 4.10. The molecule has 0 aromatic heterocycles. The Hall–Kier alpha value is -1.96. The predicted octanol–water partition coefficient (Wildman–Crippen LogP) is 4.57. The second-order valence-corrected chi connectivity index (χ2v) is 4.94. The second kappa shape index (κ2) is 5.79. The summed E-state index contributed by atoms with van der Waals surface area (Å²) in [7, 11) is 0. The third-order valence-electron chi connectivity index (χ3n) is 3.64. The Balaban J connectivity index is 2.24. The Morgan fingerprint density at radius 1 is 1.05 bits per heavy atom. The third-order valence-corrected chi connectivity index (χ3v) is 3.64. The fourth-order valence-electron chi connectivity index (χ4n) is 2.22. The van der Waals surface area contributed by atoms with E-state index in [1.54, 1.807) is 12.1 Å². The summed E-state index contributed by atoms with van der Waals surface area (Å²) in [4.78, 5) is 0. The quantitative estimate of drug-likeness (QED) is 0.838. The first-order chi connectivity index (χ1) is 9.11. The summed E-state index contributed by atoms with van der Waals surface area (Å²) in [5, 5.41) is 13.0. The lowest BCUT2D eigenvalue weighted by atomic mass is 10.0. The normalized spacial score (nSPS) is 12.2. The second-order valence-electron chi connectivity index (χ2n) is 4.94. The van der Waals surface area contributed by atoms with E-state index in [1.807, 2.05) is 12.1 Å². The highest BCUT2D eigenvalue weighted by atomic mass is 16.3. The molecule has 0 aliphatic carbocycles. The van der Waals surface area contributed by atoms with Crippen LogP contribution in [0, 0.1) is 13.8 Å². The van der Waals surface area contributed by atoms with Gasteiger partial charge in [0.2, 0.25) is 0 Å². The largest absolute Gasteiger partial charge is 0.508 e. The van der Waals surface area contributed by atoms with Gasteiger partial charge in [-0.1, -0.05) is 31.2 Å². The maximum atomic E-state index is 9.36. The molecule has 0 saturated heterocycles. The molecule has 0 bridgehead atoms. The van der Waals surface area contributed by atoms with Crippen LogP contribution in [0.4, 0.5) is 5.69 Å². The number of benzene rings is 2. The van der Waals surface area contributed by atoms with Gasteiger partial charge in [0.25, 0.3) is 0 Å². The van der Waals surface area contributed by atoms with Crippen molar-refractivity contribution in [2.75, 3.05) is 5.32 Å². The van der Waals surface area contributed by atoms with Crippen molar-refractivity contribution < 1.29 is 5.11 Å². The van der Waals surface area contributed by atoms with Crippen molar-refractivity contribution in [3.63, 3.8) is 0 Å². The molecule has 0 radical (unpaired) electrons. The van der Waals surface area contributed by atoms with E-state index in [2.05, 4.69) is 44.3 Å². The van der Waals surface area contributed by atoms with Crippen LogP contribution in [0.5, 0.6) is 5.75 Å². The van der Waals surface area contributed by atoms with Gasteiger partial charge in [0.1, 0.15) is 5.75 Å². The van der Waals surface area contributed by atoms with Gasteiger partial charge in [-0.3, -0.25) is 0 Å². The third kappa shape index (κ3) is 3.08. The van der Waals surface area contributed by atoms with Gasteiger partial charge in [0.15, 0.2) is 0 Å². The summed E-state index contributed by atoms with van der Waals surface area (Å²) in [5.41, 5.74) is 4.96. The molecule has 2 nitrogen and oxygen atoms in total. The van der Waals surface area contributed by atoms with E-state index in [1.165, 1.54) is 22.4 Å². The van der Waals surface area contributed by atoms with Gasteiger partial charge in [-0.05, 0) is 55.2 Å². The predicted molar refractivity (Wildman–Crippen MR) is 80.7 cm³/mol. The molecule has 2 aromatic carbocycles. The van der Waals surface area contributed by atoms with Crippen LogP contribution in [-0.2, 0) is 0 Å². The number of phenols is 1. The lowest BCUT2D eigenvalue weighted by Crippen LogP contribution is -2.10. The molecule has 0 amide bonds. The number of anilines is 1. The molecule has 0 saturated carbocycles. The smallest absolute Gasteiger partial charge is 0.115 e. The van der Waals surface area contributed by atoms with Gasteiger partial charge in [-0.25, -0.2) is 0 Å². The maximum absolute atomic E-state index is 9.36. The molecule has 0 aliphatic rings. The number of phenolic OH excluding ortho intramolecular Hbond substituents is 1. The molecule has 1 atom stereocenters. The van der Waals surface area contributed by atoms with Crippen LogP contribution in [0.25, 0.3) is 0 Å². The van der Waals surface area contributed by atoms with Crippen LogP contribution in [0.1, 0.15) is 36.1 Å². The van der Waals surface area contributed by atoms with Crippen molar-refractivity contribution in [2.45, 2.75) is 33.2 Å². The summed E-state index contributed by atoms with van der Waals surface area (Å²) in [6.45, 7) is 6.43. The van der Waals surface area contributed by atoms with Crippen molar-refractivity contribution in [3.05, 3.63) is 59.2 Å². The van der Waals surface area contributed by atoms with E-state index in [0.717, 1.165) is 6.42 Å². The van der Waals surface area contributed by atoms with Gasteiger partial charge >= 0.3 is 0 Å². The van der Waals surface area contributed by atoms with Crippen LogP contribution in [-0.4, -0.2) is 5.11 Å². The average Bonchev–Trinajstić information content (AvgIpc) is 2.42. The first-order valence-electron chi connectivity index (χ1n) is 6.73. The Morgan fingerprint density at radius 3 is 2.37 bits per heavy atom. The summed E-state index contributed by atoms with van der Waals surface area (Å²) in [5.74, 6) is 0.310. The number of aromatic hydroxyl groups is 1. The van der Waals surface area contributed by atoms with Gasteiger partial charge in [0, 0.05) is 5.69 Å². The summed E-state index contributed by atoms with van der Waals surface area (Å²) in [6.07, 6.45) is 0.998. The van der Waals surface area contributed by atoms with Gasteiger partial charge in [-0.2, -0.15) is 0 Å². The molecule has 0 aliphatic heterocycles. The molecule has 2 rings (SSSR count). The molecule has 2 heteroatoms. The van der Waals surface area contributed by atoms with Crippen molar-refractivity contribution in [1.82, 2.24) is 0 Å². The van der Waals surface area contributed by atoms with Gasteiger partial charge in [-0.15, -0.1) is 0 Å². The Bertz CT molecular complexity index is 546. The fraction of sp³-hybridized carbons (Fsp3) is 0.294. The van der Waals surface area contributed by atoms with Crippen LogP contribution >= 0.6 is 0 Å². The molecule has 2 N–H and O–H groups in total. The Labute approximate surface area is 115 Å². The van der Waals surface area contributed by atoms with E-state index in [0.29, 0.717) is 5.75 Å². The van der Waals surface area contributed by atoms with Crippen LogP contribution in [0.15, 0.2) is 42.5 Å². The zero-order chi connectivity index (χ0) is 13.8. The lowest BCUT2D eigenvalue weighted by molar-refractivity contribution is 0.475. The molecule has 0 fully saturated rings. The minimum Gasteiger partial charge on any atom is -0.508 e. The van der Waals surface area contributed by atoms with Crippen LogP contribution in [0.2, 0.25) is 0 Å². The number of hydrogen-bond acceptors (Lipinski definition) is 2. The highest BCUT2D eigenvalue weighted by Crippen LogP contribution is 2.27. The highest BCUT2D eigenvalue weighted by molar-refractivity contribution is 5.55. The van der Waals surface area contributed by atoms with Crippen LogP contribution < -0.4 is 5.32 Å². The monoisotopic (exact) mass is 255 g/mol. The summed E-state index contributed by atoms with van der Waals surface area (Å²) >= 11 is 0. The van der Waals surface area contributed by atoms with Crippen molar-refractivity contribution >= 4 is 5.69 Å². The number of hydrogen-bond donors (Lipinski definition) is 2. The minimum atomic E-state index is 0.265. The van der Waals surface area contributed by atoms with Crippen molar-refractivity contribution in [2.24, 2.45) is 0 Å². The highest BCUT2D eigenvalue weighted by Gasteiger charge is 2.10. The van der Waals surface area contributed by atoms with Gasteiger partial charge < -0.3 is 10.4 Å². The van der Waals surface area contributed by atoms with E-state index in [9.17, 15) is 5.11 Å². The SMILES string of the molecule is CCC(Nc1cccc(C)c1C)c1ccc(O)cc1. The summed E-state index contributed by atoms with van der Waals surface area (Å²) in [6, 6.07) is 14.0. The molecule has 1 unspecified atom stereocenters. The van der Waals surface area contributed by atoms with E-state index < -0.39 is 0 Å². The maximum Gasteiger partial charge on any atom is 0.115 e. The molecule has 19 heavy (non-hydrogen) atoms. The number of nitrogens with one attached hydrogen (secondary N) is 1. The molecule has 2 aromatic rings. The van der Waals surface area contributed by atoms with Gasteiger partial charge in [0.05, 0.1) is 6.04 Å². The Morgan fingerprint density at radius 2 is 1.74 bits per heavy atom. The minimum absolute atomic E-state index is 0.265. The average molecular weight is 255 g/mol. The van der Waals surface area contributed by atoms with Crippen molar-refractivity contribution in [3.8, 4) is 5.75 Å². The van der Waals surface area contributed by atoms with E-state index in [-0.39, 0.29) is 6.04 Å². The fourth-order valence-corrected chi connectivity index (χ4v) is 2.22. The lowest BCUT2D eigenvalue weighted by Gasteiger charge is -2.21. The molecular weight excluding hydrogens is 234 g/mol. The first kappa shape index (κ1) is 13.5. The molecular formula is C17H21NO.